The van der Waals surface area contributed by atoms with Gasteiger partial charge >= 0.3 is 0 Å². The summed E-state index contributed by atoms with van der Waals surface area (Å²) in [5.41, 5.74) is 0. The molecule has 0 bridgehead atoms. The Balaban J connectivity index is 2.47. The first kappa shape index (κ1) is 10.0. The number of likely N-dealkylation sites (tertiary alicyclic amines) is 1. The van der Waals surface area contributed by atoms with Crippen LogP contribution < -0.4 is 5.32 Å². The van der Waals surface area contributed by atoms with Crippen molar-refractivity contribution in [1.29, 1.82) is 0 Å². The summed E-state index contributed by atoms with van der Waals surface area (Å²) < 4.78 is 0. The second-order valence-electron chi connectivity index (χ2n) is 4.11. The van der Waals surface area contributed by atoms with E-state index in [0.29, 0.717) is 6.04 Å². The van der Waals surface area contributed by atoms with Crippen LogP contribution in [0.15, 0.2) is 0 Å². The normalized spacial score (nSPS) is 31.8. The summed E-state index contributed by atoms with van der Waals surface area (Å²) in [4.78, 5) is 2.56. The average molecular weight is 170 g/mol. The smallest absolute Gasteiger partial charge is 0.0232 e. The number of hydrogen-bond donors (Lipinski definition) is 1. The molecule has 2 heteroatoms. The summed E-state index contributed by atoms with van der Waals surface area (Å²) in [5.74, 6) is 0.859. The molecule has 0 aromatic carbocycles. The van der Waals surface area contributed by atoms with Gasteiger partial charge in [0.1, 0.15) is 0 Å². The maximum Gasteiger partial charge on any atom is 0.0232 e. The van der Waals surface area contributed by atoms with E-state index in [9.17, 15) is 0 Å². The third kappa shape index (κ3) is 1.99. The zero-order valence-electron chi connectivity index (χ0n) is 8.80. The van der Waals surface area contributed by atoms with Gasteiger partial charge in [-0.25, -0.2) is 0 Å². The molecule has 1 rings (SSSR count). The fraction of sp³-hybridized carbons (Fsp3) is 1.00. The standard InChI is InChI=1S/C10H22N2/c1-5-9-6-12(8(2)3)7-10(9)11-4/h8-11H,5-7H2,1-4H3. The van der Waals surface area contributed by atoms with Gasteiger partial charge in [-0.05, 0) is 26.8 Å². The fourth-order valence-electron chi connectivity index (χ4n) is 2.07. The monoisotopic (exact) mass is 170 g/mol. The van der Waals surface area contributed by atoms with Crippen molar-refractivity contribution in [1.82, 2.24) is 10.2 Å². The second kappa shape index (κ2) is 4.24. The van der Waals surface area contributed by atoms with Crippen LogP contribution in [0, 0.1) is 5.92 Å². The molecule has 0 spiro atoms. The fourth-order valence-corrected chi connectivity index (χ4v) is 2.07. The van der Waals surface area contributed by atoms with Crippen molar-refractivity contribution in [3.63, 3.8) is 0 Å². The van der Waals surface area contributed by atoms with Gasteiger partial charge < -0.3 is 5.32 Å². The summed E-state index contributed by atoms with van der Waals surface area (Å²) >= 11 is 0. The molecule has 1 saturated heterocycles. The highest BCUT2D eigenvalue weighted by Crippen LogP contribution is 2.21. The molecule has 1 aliphatic rings. The number of likely N-dealkylation sites (N-methyl/N-ethyl adjacent to an activating group) is 1. The van der Waals surface area contributed by atoms with Gasteiger partial charge in [0, 0.05) is 25.2 Å². The van der Waals surface area contributed by atoms with E-state index in [2.05, 4.69) is 38.0 Å². The van der Waals surface area contributed by atoms with Crippen molar-refractivity contribution in [3.05, 3.63) is 0 Å². The molecule has 1 fully saturated rings. The Bertz CT molecular complexity index is 122. The molecular weight excluding hydrogens is 148 g/mol. The molecule has 1 N–H and O–H groups in total. The topological polar surface area (TPSA) is 15.3 Å². The molecule has 72 valence electrons. The van der Waals surface area contributed by atoms with Crippen LogP contribution in [0.2, 0.25) is 0 Å². The molecule has 2 atom stereocenters. The Labute approximate surface area is 76.3 Å². The number of rotatable bonds is 3. The molecule has 0 aromatic rings. The Hall–Kier alpha value is -0.0800. The van der Waals surface area contributed by atoms with Crippen LogP contribution in [-0.2, 0) is 0 Å². The third-order valence-electron chi connectivity index (χ3n) is 3.09. The lowest BCUT2D eigenvalue weighted by atomic mass is 10.0. The quantitative estimate of drug-likeness (QED) is 0.687. The Morgan fingerprint density at radius 2 is 2.08 bits per heavy atom. The summed E-state index contributed by atoms with van der Waals surface area (Å²) in [5, 5.41) is 3.41. The highest BCUT2D eigenvalue weighted by Gasteiger charge is 2.31. The van der Waals surface area contributed by atoms with Gasteiger partial charge in [0.05, 0.1) is 0 Å². The van der Waals surface area contributed by atoms with Gasteiger partial charge in [0.25, 0.3) is 0 Å². The van der Waals surface area contributed by atoms with E-state index in [0.717, 1.165) is 12.0 Å². The highest BCUT2D eigenvalue weighted by atomic mass is 15.2. The zero-order valence-corrected chi connectivity index (χ0v) is 8.80. The summed E-state index contributed by atoms with van der Waals surface area (Å²) in [6.45, 7) is 9.36. The van der Waals surface area contributed by atoms with E-state index in [-0.39, 0.29) is 0 Å². The van der Waals surface area contributed by atoms with Crippen molar-refractivity contribution in [2.75, 3.05) is 20.1 Å². The Morgan fingerprint density at radius 3 is 2.42 bits per heavy atom. The molecule has 0 aliphatic carbocycles. The van der Waals surface area contributed by atoms with Crippen LogP contribution >= 0.6 is 0 Å². The van der Waals surface area contributed by atoms with Crippen LogP contribution in [0.3, 0.4) is 0 Å². The minimum absolute atomic E-state index is 0.706. The van der Waals surface area contributed by atoms with E-state index in [4.69, 9.17) is 0 Å². The Morgan fingerprint density at radius 1 is 1.42 bits per heavy atom. The predicted molar refractivity (Wildman–Crippen MR) is 53.3 cm³/mol. The summed E-state index contributed by atoms with van der Waals surface area (Å²) in [7, 11) is 2.08. The molecule has 12 heavy (non-hydrogen) atoms. The van der Waals surface area contributed by atoms with Crippen molar-refractivity contribution in [2.45, 2.75) is 39.3 Å². The molecule has 1 heterocycles. The van der Waals surface area contributed by atoms with Gasteiger partial charge in [-0.3, -0.25) is 4.90 Å². The first-order chi connectivity index (χ1) is 5.69. The van der Waals surface area contributed by atoms with E-state index in [1.54, 1.807) is 0 Å². The summed E-state index contributed by atoms with van der Waals surface area (Å²) in [6, 6.07) is 1.43. The van der Waals surface area contributed by atoms with E-state index >= 15 is 0 Å². The molecule has 0 saturated carbocycles. The maximum atomic E-state index is 3.41. The van der Waals surface area contributed by atoms with Crippen LogP contribution in [0.4, 0.5) is 0 Å². The lowest BCUT2D eigenvalue weighted by Gasteiger charge is -2.19. The third-order valence-corrected chi connectivity index (χ3v) is 3.09. The lowest BCUT2D eigenvalue weighted by molar-refractivity contribution is 0.262. The lowest BCUT2D eigenvalue weighted by Crippen LogP contribution is -2.34. The molecule has 0 amide bonds. The van der Waals surface area contributed by atoms with Crippen molar-refractivity contribution >= 4 is 0 Å². The molecule has 1 aliphatic heterocycles. The molecular formula is C10H22N2. The zero-order chi connectivity index (χ0) is 9.14. The number of hydrogen-bond acceptors (Lipinski definition) is 2. The Kier molecular flexibility index (Phi) is 3.53. The van der Waals surface area contributed by atoms with Crippen LogP contribution in [-0.4, -0.2) is 37.1 Å². The SMILES string of the molecule is CCC1CN(C(C)C)CC1NC. The van der Waals surface area contributed by atoms with Crippen molar-refractivity contribution < 1.29 is 0 Å². The number of nitrogens with zero attached hydrogens (tertiary/aromatic N) is 1. The largest absolute Gasteiger partial charge is 0.315 e. The molecule has 0 radical (unpaired) electrons. The van der Waals surface area contributed by atoms with Gasteiger partial charge in [0.15, 0.2) is 0 Å². The molecule has 2 unspecified atom stereocenters. The highest BCUT2D eigenvalue weighted by molar-refractivity contribution is 4.88. The van der Waals surface area contributed by atoms with Gasteiger partial charge in [0.2, 0.25) is 0 Å². The van der Waals surface area contributed by atoms with Crippen molar-refractivity contribution in [3.8, 4) is 0 Å². The van der Waals surface area contributed by atoms with Gasteiger partial charge in [-0.2, -0.15) is 0 Å². The van der Waals surface area contributed by atoms with Crippen LogP contribution in [0.25, 0.3) is 0 Å². The average Bonchev–Trinajstić information content (AvgIpc) is 2.46. The number of nitrogens with one attached hydrogen (secondary N) is 1. The van der Waals surface area contributed by atoms with E-state index in [1.807, 2.05) is 0 Å². The minimum atomic E-state index is 0.706. The van der Waals surface area contributed by atoms with Crippen LogP contribution in [0.1, 0.15) is 27.2 Å². The molecule has 2 nitrogen and oxygen atoms in total. The second-order valence-corrected chi connectivity index (χ2v) is 4.11. The minimum Gasteiger partial charge on any atom is -0.315 e. The maximum absolute atomic E-state index is 3.41. The van der Waals surface area contributed by atoms with Gasteiger partial charge in [-0.15, -0.1) is 0 Å². The van der Waals surface area contributed by atoms with E-state index in [1.165, 1.54) is 19.5 Å². The first-order valence-electron chi connectivity index (χ1n) is 5.10. The van der Waals surface area contributed by atoms with Gasteiger partial charge in [-0.1, -0.05) is 13.3 Å². The summed E-state index contributed by atoms with van der Waals surface area (Å²) in [6.07, 6.45) is 1.30. The predicted octanol–water partition coefficient (Wildman–Crippen LogP) is 1.32. The van der Waals surface area contributed by atoms with E-state index < -0.39 is 0 Å². The van der Waals surface area contributed by atoms with Crippen molar-refractivity contribution in [2.24, 2.45) is 5.92 Å². The first-order valence-corrected chi connectivity index (χ1v) is 5.10. The molecule has 0 aromatic heterocycles. The van der Waals surface area contributed by atoms with Crippen LogP contribution in [0.5, 0.6) is 0 Å².